The third-order valence-corrected chi connectivity index (χ3v) is 11.9. The number of hydrogen-bond donors (Lipinski definition) is 0. The molecule has 0 aromatic heterocycles. The first-order valence-electron chi connectivity index (χ1n) is 16.1. The molecular formula is C41H44. The maximum absolute atomic E-state index is 2.61. The zero-order valence-electron chi connectivity index (χ0n) is 26.1. The van der Waals surface area contributed by atoms with E-state index >= 15 is 0 Å². The van der Waals surface area contributed by atoms with Gasteiger partial charge in [-0.25, -0.2) is 0 Å². The summed E-state index contributed by atoms with van der Waals surface area (Å²) in [5, 5.41) is 2.87. The molecule has 1 saturated carbocycles. The van der Waals surface area contributed by atoms with E-state index in [2.05, 4.69) is 128 Å². The van der Waals surface area contributed by atoms with E-state index < -0.39 is 0 Å². The lowest BCUT2D eigenvalue weighted by Gasteiger charge is -2.66. The molecule has 0 saturated heterocycles. The Bertz CT molecular complexity index is 1770. The molecule has 4 aliphatic rings. The predicted octanol–water partition coefficient (Wildman–Crippen LogP) is 10.7. The Morgan fingerprint density at radius 3 is 2.00 bits per heavy atom. The van der Waals surface area contributed by atoms with E-state index in [1.54, 1.807) is 33.4 Å². The minimum atomic E-state index is -0.0289. The highest BCUT2D eigenvalue weighted by Gasteiger charge is 2.68. The molecule has 1 spiro atoms. The van der Waals surface area contributed by atoms with Crippen molar-refractivity contribution in [2.24, 2.45) is 35.5 Å². The molecule has 0 heteroatoms. The minimum absolute atomic E-state index is 0.0289. The van der Waals surface area contributed by atoms with Gasteiger partial charge in [0.25, 0.3) is 0 Å². The molecule has 0 bridgehead atoms. The molecule has 0 amide bonds. The standard InChI is InChI=1S/C41H44/c1-22(2)33-35(23(3)4)41(36(33)24(5)6)32-20-19-29-31-21-26-14-10-12-16-28(26)37(31)40(7,8)39(29)34(32)30-18-17-25-13-9-11-15-27(25)38(30)41/h9-20,22-24,33,35-36H,21H2,1-8H3. The molecule has 0 aliphatic heterocycles. The third kappa shape index (κ3) is 2.88. The van der Waals surface area contributed by atoms with Crippen LogP contribution in [0, 0.1) is 35.5 Å². The monoisotopic (exact) mass is 536 g/mol. The summed E-state index contributed by atoms with van der Waals surface area (Å²) in [4.78, 5) is 0. The molecule has 1 fully saturated rings. The Hall–Kier alpha value is -3.12. The Kier molecular flexibility index (Phi) is 5.14. The van der Waals surface area contributed by atoms with E-state index in [1.807, 2.05) is 0 Å². The summed E-state index contributed by atoms with van der Waals surface area (Å²) in [5.41, 5.74) is 15.7. The van der Waals surface area contributed by atoms with Crippen LogP contribution in [-0.4, -0.2) is 0 Å². The highest BCUT2D eigenvalue weighted by Crippen LogP contribution is 2.74. The van der Waals surface area contributed by atoms with Crippen LogP contribution >= 0.6 is 0 Å². The Morgan fingerprint density at radius 1 is 0.634 bits per heavy atom. The molecular weight excluding hydrogens is 492 g/mol. The summed E-state index contributed by atoms with van der Waals surface area (Å²) in [6.45, 7) is 20.0. The lowest BCUT2D eigenvalue weighted by atomic mass is 9.37. The molecule has 0 nitrogen and oxygen atoms in total. The normalized spacial score (nSPS) is 26.6. The average Bonchev–Trinajstić information content (AvgIpc) is 3.52. The van der Waals surface area contributed by atoms with Gasteiger partial charge in [0, 0.05) is 10.8 Å². The van der Waals surface area contributed by atoms with Crippen LogP contribution in [0.1, 0.15) is 88.8 Å². The van der Waals surface area contributed by atoms with Crippen molar-refractivity contribution in [3.05, 3.63) is 106 Å². The van der Waals surface area contributed by atoms with E-state index in [0.29, 0.717) is 29.6 Å². The van der Waals surface area contributed by atoms with Gasteiger partial charge in [-0.15, -0.1) is 0 Å². The summed E-state index contributed by atoms with van der Waals surface area (Å²) in [6.07, 6.45) is 1.06. The first-order valence-corrected chi connectivity index (χ1v) is 16.1. The molecule has 2 atom stereocenters. The van der Waals surface area contributed by atoms with Crippen molar-refractivity contribution in [1.29, 1.82) is 0 Å². The van der Waals surface area contributed by atoms with E-state index in [4.69, 9.17) is 0 Å². The second kappa shape index (κ2) is 8.25. The molecule has 4 aromatic rings. The van der Waals surface area contributed by atoms with Gasteiger partial charge < -0.3 is 0 Å². The molecule has 208 valence electrons. The zero-order valence-corrected chi connectivity index (χ0v) is 26.1. The highest BCUT2D eigenvalue weighted by molar-refractivity contribution is 6.10. The second-order valence-electron chi connectivity index (χ2n) is 15.2. The molecule has 0 radical (unpaired) electrons. The van der Waals surface area contributed by atoms with Gasteiger partial charge in [-0.2, -0.15) is 0 Å². The quantitative estimate of drug-likeness (QED) is 0.244. The molecule has 41 heavy (non-hydrogen) atoms. The van der Waals surface area contributed by atoms with Crippen LogP contribution in [0.4, 0.5) is 0 Å². The van der Waals surface area contributed by atoms with Crippen molar-refractivity contribution in [1.82, 2.24) is 0 Å². The maximum atomic E-state index is 2.61. The number of fused-ring (bicyclic) bond motifs is 12. The molecule has 4 aliphatic carbocycles. The first kappa shape index (κ1) is 25.6. The van der Waals surface area contributed by atoms with Gasteiger partial charge in [0.05, 0.1) is 0 Å². The minimum Gasteiger partial charge on any atom is -0.0625 e. The highest BCUT2D eigenvalue weighted by atomic mass is 14.7. The topological polar surface area (TPSA) is 0 Å². The van der Waals surface area contributed by atoms with Gasteiger partial charge in [-0.1, -0.05) is 128 Å². The second-order valence-corrected chi connectivity index (χ2v) is 15.2. The van der Waals surface area contributed by atoms with Crippen LogP contribution in [0.25, 0.3) is 33.0 Å². The van der Waals surface area contributed by atoms with Crippen molar-refractivity contribution < 1.29 is 0 Å². The van der Waals surface area contributed by atoms with Crippen molar-refractivity contribution in [2.75, 3.05) is 0 Å². The number of benzene rings is 4. The van der Waals surface area contributed by atoms with Crippen LogP contribution in [0.15, 0.2) is 72.8 Å². The summed E-state index contributed by atoms with van der Waals surface area (Å²) < 4.78 is 0. The van der Waals surface area contributed by atoms with Gasteiger partial charge in [0.15, 0.2) is 0 Å². The molecule has 0 heterocycles. The van der Waals surface area contributed by atoms with Crippen LogP contribution in [0.3, 0.4) is 0 Å². The fraction of sp³-hybridized carbons (Fsp3) is 0.415. The maximum Gasteiger partial charge on any atom is 0.0288 e. The lowest BCUT2D eigenvalue weighted by Crippen LogP contribution is -2.64. The van der Waals surface area contributed by atoms with E-state index in [-0.39, 0.29) is 10.8 Å². The third-order valence-electron chi connectivity index (χ3n) is 11.9. The van der Waals surface area contributed by atoms with Gasteiger partial charge in [0.1, 0.15) is 0 Å². The molecule has 4 aromatic carbocycles. The van der Waals surface area contributed by atoms with Gasteiger partial charge in [-0.3, -0.25) is 0 Å². The molecule has 8 rings (SSSR count). The summed E-state index contributed by atoms with van der Waals surface area (Å²) in [5.74, 6) is 3.89. The van der Waals surface area contributed by atoms with Crippen LogP contribution in [0.2, 0.25) is 0 Å². The smallest absolute Gasteiger partial charge is 0.0288 e. The van der Waals surface area contributed by atoms with E-state index in [0.717, 1.165) is 12.3 Å². The van der Waals surface area contributed by atoms with Gasteiger partial charge in [0.2, 0.25) is 0 Å². The van der Waals surface area contributed by atoms with E-state index in [1.165, 1.54) is 33.0 Å². The number of allylic oxidation sites excluding steroid dienone is 2. The van der Waals surface area contributed by atoms with E-state index in [9.17, 15) is 0 Å². The predicted molar refractivity (Wildman–Crippen MR) is 175 cm³/mol. The Morgan fingerprint density at radius 2 is 1.29 bits per heavy atom. The van der Waals surface area contributed by atoms with Crippen molar-refractivity contribution >= 4 is 21.9 Å². The van der Waals surface area contributed by atoms with Crippen molar-refractivity contribution in [2.45, 2.75) is 72.6 Å². The van der Waals surface area contributed by atoms with Crippen LogP contribution in [-0.2, 0) is 17.3 Å². The van der Waals surface area contributed by atoms with Crippen LogP contribution < -0.4 is 0 Å². The fourth-order valence-electron chi connectivity index (χ4n) is 11.0. The van der Waals surface area contributed by atoms with Crippen LogP contribution in [0.5, 0.6) is 0 Å². The zero-order chi connectivity index (χ0) is 28.6. The number of hydrogen-bond acceptors (Lipinski definition) is 0. The number of rotatable bonds is 3. The summed E-state index contributed by atoms with van der Waals surface area (Å²) in [6, 6.07) is 28.5. The Balaban J connectivity index is 1.49. The first-order chi connectivity index (χ1) is 19.6. The Labute approximate surface area is 246 Å². The fourth-order valence-corrected chi connectivity index (χ4v) is 11.0. The average molecular weight is 537 g/mol. The van der Waals surface area contributed by atoms with Crippen molar-refractivity contribution in [3.63, 3.8) is 0 Å². The largest absolute Gasteiger partial charge is 0.0625 e. The van der Waals surface area contributed by atoms with Crippen molar-refractivity contribution in [3.8, 4) is 11.1 Å². The SMILES string of the molecule is CC(C)C1C(C(C)C)C2(c3ccc4c(c3-c3ccc5ccccc5c32)C(C)(C)C2=C4Cc3ccccc32)C1C(C)C. The van der Waals surface area contributed by atoms with Gasteiger partial charge >= 0.3 is 0 Å². The molecule has 0 N–H and O–H groups in total. The summed E-state index contributed by atoms with van der Waals surface area (Å²) >= 11 is 0. The van der Waals surface area contributed by atoms with Gasteiger partial charge in [-0.05, 0) is 108 Å². The summed E-state index contributed by atoms with van der Waals surface area (Å²) in [7, 11) is 0. The molecule has 2 unspecified atom stereocenters. The lowest BCUT2D eigenvalue weighted by molar-refractivity contribution is -0.105.